The Bertz CT molecular complexity index is 412. The normalized spacial score (nSPS) is 20.6. The van der Waals surface area contributed by atoms with Crippen LogP contribution in [0.3, 0.4) is 0 Å². The molecule has 1 aromatic rings. The van der Waals surface area contributed by atoms with Crippen LogP contribution in [0.2, 0.25) is 0 Å². The van der Waals surface area contributed by atoms with Gasteiger partial charge in [-0.05, 0) is 49.9 Å². The number of nitrogens with one attached hydrogen (secondary N) is 1. The molecule has 112 valence electrons. The molecule has 1 unspecified atom stereocenters. The first-order valence-electron chi connectivity index (χ1n) is 7.01. The summed E-state index contributed by atoms with van der Waals surface area (Å²) in [6, 6.07) is 5.61. The summed E-state index contributed by atoms with van der Waals surface area (Å²) in [5.41, 5.74) is -0.380. The predicted octanol–water partition coefficient (Wildman–Crippen LogP) is 3.61. The molecule has 5 heteroatoms. The lowest BCUT2D eigenvalue weighted by molar-refractivity contribution is -0.139. The van der Waals surface area contributed by atoms with Crippen molar-refractivity contribution in [2.75, 3.05) is 19.7 Å². The molecule has 1 aliphatic heterocycles. The van der Waals surface area contributed by atoms with Crippen LogP contribution in [0.5, 0.6) is 0 Å². The number of alkyl halides is 3. The van der Waals surface area contributed by atoms with Gasteiger partial charge in [-0.15, -0.1) is 0 Å². The molecule has 2 rings (SSSR count). The first-order valence-corrected chi connectivity index (χ1v) is 7.01. The molecular formula is C15H20F3NO. The molecular weight excluding hydrogens is 267 g/mol. The maximum Gasteiger partial charge on any atom is 0.416 e. The maximum absolute atomic E-state index is 12.8. The van der Waals surface area contributed by atoms with Crippen LogP contribution in [0.1, 0.15) is 30.4 Å². The largest absolute Gasteiger partial charge is 0.416 e. The van der Waals surface area contributed by atoms with Crippen LogP contribution in [0, 0.1) is 5.92 Å². The van der Waals surface area contributed by atoms with E-state index < -0.39 is 11.7 Å². The van der Waals surface area contributed by atoms with E-state index in [2.05, 4.69) is 5.32 Å². The van der Waals surface area contributed by atoms with Crippen molar-refractivity contribution in [1.29, 1.82) is 0 Å². The lowest BCUT2D eigenvalue weighted by atomic mass is 10.0. The Labute approximate surface area is 117 Å². The molecule has 0 aromatic heterocycles. The number of hydrogen-bond donors (Lipinski definition) is 1. The Morgan fingerprint density at radius 2 is 1.95 bits per heavy atom. The van der Waals surface area contributed by atoms with Crippen LogP contribution >= 0.6 is 0 Å². The summed E-state index contributed by atoms with van der Waals surface area (Å²) in [5.74, 6) is 0.447. The molecule has 0 bridgehead atoms. The molecule has 0 saturated carbocycles. The summed E-state index contributed by atoms with van der Waals surface area (Å²) in [6.07, 6.45) is -1.10. The highest BCUT2D eigenvalue weighted by molar-refractivity contribution is 5.28. The quantitative estimate of drug-likeness (QED) is 0.913. The van der Waals surface area contributed by atoms with E-state index >= 15 is 0 Å². The highest BCUT2D eigenvalue weighted by atomic mass is 19.4. The van der Waals surface area contributed by atoms with E-state index in [9.17, 15) is 13.2 Å². The second-order valence-corrected chi connectivity index (χ2v) is 5.22. The minimum absolute atomic E-state index is 0.0274. The van der Waals surface area contributed by atoms with Gasteiger partial charge >= 0.3 is 6.18 Å². The molecule has 1 saturated heterocycles. The van der Waals surface area contributed by atoms with Crippen LogP contribution < -0.4 is 5.32 Å². The standard InChI is InChI=1S/C15H20F3NO/c16-15(17,18)14-6-2-1-5-13(14)11-20-10-12-4-3-8-19-9-7-12/h1-2,5-6,12,19H,3-4,7-11H2. The van der Waals surface area contributed by atoms with Crippen molar-refractivity contribution in [2.45, 2.75) is 32.0 Å². The molecule has 1 aliphatic rings. The van der Waals surface area contributed by atoms with E-state index in [1.54, 1.807) is 6.07 Å². The number of ether oxygens (including phenoxy) is 1. The molecule has 1 fully saturated rings. The first-order chi connectivity index (χ1) is 9.57. The minimum atomic E-state index is -4.31. The van der Waals surface area contributed by atoms with E-state index in [1.165, 1.54) is 12.1 Å². The van der Waals surface area contributed by atoms with Crippen molar-refractivity contribution >= 4 is 0 Å². The fraction of sp³-hybridized carbons (Fsp3) is 0.600. The zero-order valence-electron chi connectivity index (χ0n) is 11.4. The van der Waals surface area contributed by atoms with Gasteiger partial charge in [0.2, 0.25) is 0 Å². The predicted molar refractivity (Wildman–Crippen MR) is 71.3 cm³/mol. The second-order valence-electron chi connectivity index (χ2n) is 5.22. The monoisotopic (exact) mass is 287 g/mol. The summed E-state index contributed by atoms with van der Waals surface area (Å²) in [4.78, 5) is 0. The van der Waals surface area contributed by atoms with Crippen molar-refractivity contribution in [3.05, 3.63) is 35.4 Å². The molecule has 1 heterocycles. The molecule has 0 aliphatic carbocycles. The lowest BCUT2D eigenvalue weighted by Gasteiger charge is -2.16. The topological polar surface area (TPSA) is 21.3 Å². The Balaban J connectivity index is 1.87. The van der Waals surface area contributed by atoms with Crippen LogP contribution in [-0.2, 0) is 17.5 Å². The Hall–Kier alpha value is -1.07. The Morgan fingerprint density at radius 3 is 2.75 bits per heavy atom. The van der Waals surface area contributed by atoms with Gasteiger partial charge in [0.15, 0.2) is 0 Å². The molecule has 1 N–H and O–H groups in total. The number of benzene rings is 1. The second kappa shape index (κ2) is 7.09. The summed E-state index contributed by atoms with van der Waals surface area (Å²) in [7, 11) is 0. The van der Waals surface area contributed by atoms with Crippen LogP contribution in [-0.4, -0.2) is 19.7 Å². The zero-order valence-corrected chi connectivity index (χ0v) is 11.4. The fourth-order valence-electron chi connectivity index (χ4n) is 2.52. The average Bonchev–Trinajstić information content (AvgIpc) is 2.67. The zero-order chi connectivity index (χ0) is 14.4. The van der Waals surface area contributed by atoms with Gasteiger partial charge in [-0.25, -0.2) is 0 Å². The number of rotatable bonds is 4. The summed E-state index contributed by atoms with van der Waals surface area (Å²) in [5, 5.41) is 3.31. The third kappa shape index (κ3) is 4.49. The van der Waals surface area contributed by atoms with E-state index in [4.69, 9.17) is 4.74 Å². The Morgan fingerprint density at radius 1 is 1.15 bits per heavy atom. The first kappa shape index (κ1) is 15.3. The van der Waals surface area contributed by atoms with Crippen molar-refractivity contribution in [3.8, 4) is 0 Å². The fourth-order valence-corrected chi connectivity index (χ4v) is 2.52. The molecule has 1 aromatic carbocycles. The van der Waals surface area contributed by atoms with Gasteiger partial charge in [0, 0.05) is 6.61 Å². The van der Waals surface area contributed by atoms with Gasteiger partial charge in [-0.3, -0.25) is 0 Å². The molecule has 0 amide bonds. The van der Waals surface area contributed by atoms with Gasteiger partial charge in [0.05, 0.1) is 12.2 Å². The molecule has 2 nitrogen and oxygen atoms in total. The van der Waals surface area contributed by atoms with Gasteiger partial charge in [-0.2, -0.15) is 13.2 Å². The SMILES string of the molecule is FC(F)(F)c1ccccc1COCC1CCCNCC1. The average molecular weight is 287 g/mol. The van der Waals surface area contributed by atoms with E-state index in [1.807, 2.05) is 0 Å². The number of hydrogen-bond acceptors (Lipinski definition) is 2. The van der Waals surface area contributed by atoms with E-state index in [0.717, 1.165) is 38.4 Å². The van der Waals surface area contributed by atoms with Crippen molar-refractivity contribution in [2.24, 2.45) is 5.92 Å². The van der Waals surface area contributed by atoms with Gasteiger partial charge in [0.1, 0.15) is 0 Å². The number of halogens is 3. The van der Waals surface area contributed by atoms with Crippen LogP contribution in [0.25, 0.3) is 0 Å². The maximum atomic E-state index is 12.8. The highest BCUT2D eigenvalue weighted by Crippen LogP contribution is 2.32. The lowest BCUT2D eigenvalue weighted by Crippen LogP contribution is -2.16. The van der Waals surface area contributed by atoms with E-state index in [-0.39, 0.29) is 12.2 Å². The van der Waals surface area contributed by atoms with E-state index in [0.29, 0.717) is 12.5 Å². The van der Waals surface area contributed by atoms with Crippen molar-refractivity contribution in [1.82, 2.24) is 5.32 Å². The minimum Gasteiger partial charge on any atom is -0.376 e. The van der Waals surface area contributed by atoms with Gasteiger partial charge in [-0.1, -0.05) is 18.2 Å². The summed E-state index contributed by atoms with van der Waals surface area (Å²) >= 11 is 0. The Kier molecular flexibility index (Phi) is 5.43. The molecule has 1 atom stereocenters. The third-order valence-electron chi connectivity index (χ3n) is 3.63. The molecule has 0 radical (unpaired) electrons. The molecule has 20 heavy (non-hydrogen) atoms. The van der Waals surface area contributed by atoms with Crippen molar-refractivity contribution < 1.29 is 17.9 Å². The van der Waals surface area contributed by atoms with Crippen LogP contribution in [0.4, 0.5) is 13.2 Å². The highest BCUT2D eigenvalue weighted by Gasteiger charge is 2.32. The summed E-state index contributed by atoms with van der Waals surface area (Å²) < 4.78 is 44.0. The van der Waals surface area contributed by atoms with Gasteiger partial charge in [0.25, 0.3) is 0 Å². The van der Waals surface area contributed by atoms with Crippen molar-refractivity contribution in [3.63, 3.8) is 0 Å². The van der Waals surface area contributed by atoms with Gasteiger partial charge < -0.3 is 10.1 Å². The smallest absolute Gasteiger partial charge is 0.376 e. The third-order valence-corrected chi connectivity index (χ3v) is 3.63. The molecule has 0 spiro atoms. The van der Waals surface area contributed by atoms with Crippen LogP contribution in [0.15, 0.2) is 24.3 Å². The summed E-state index contributed by atoms with van der Waals surface area (Å²) in [6.45, 7) is 2.55.